The molecule has 1 amide bonds. The molecule has 0 aliphatic heterocycles. The number of carbonyl (C=O) groups excluding carboxylic acids is 1. The van der Waals surface area contributed by atoms with E-state index in [1.807, 2.05) is 13.8 Å². The highest BCUT2D eigenvalue weighted by Crippen LogP contribution is 2.15. The quantitative estimate of drug-likeness (QED) is 0.826. The first-order valence-corrected chi connectivity index (χ1v) is 6.12. The Morgan fingerprint density at radius 1 is 1.50 bits per heavy atom. The standard InChI is InChI=1S/C12H15Cl2NO/c1-3-10(7-13)15-12(16)11-5-4-9(14)6-8(11)2/h4-6,10H,3,7H2,1-2H3,(H,15,16). The zero-order valence-corrected chi connectivity index (χ0v) is 10.9. The van der Waals surface area contributed by atoms with Gasteiger partial charge in [-0.25, -0.2) is 0 Å². The maximum absolute atomic E-state index is 11.9. The van der Waals surface area contributed by atoms with Crippen molar-refractivity contribution >= 4 is 29.1 Å². The van der Waals surface area contributed by atoms with Crippen molar-refractivity contribution in [3.8, 4) is 0 Å². The molecule has 1 N–H and O–H groups in total. The lowest BCUT2D eigenvalue weighted by Gasteiger charge is -2.14. The maximum atomic E-state index is 11.9. The predicted octanol–water partition coefficient (Wildman–Crippen LogP) is 3.40. The van der Waals surface area contributed by atoms with Crippen LogP contribution in [-0.4, -0.2) is 17.8 Å². The molecule has 0 spiro atoms. The Balaban J connectivity index is 2.80. The Bertz CT molecular complexity index is 375. The van der Waals surface area contributed by atoms with Crippen LogP contribution in [-0.2, 0) is 0 Å². The minimum atomic E-state index is -0.0957. The van der Waals surface area contributed by atoms with Crippen molar-refractivity contribution in [3.05, 3.63) is 34.3 Å². The van der Waals surface area contributed by atoms with Gasteiger partial charge in [0.25, 0.3) is 5.91 Å². The zero-order chi connectivity index (χ0) is 12.1. The number of alkyl halides is 1. The number of benzene rings is 1. The van der Waals surface area contributed by atoms with Gasteiger partial charge in [-0.1, -0.05) is 18.5 Å². The summed E-state index contributed by atoms with van der Waals surface area (Å²) >= 11 is 11.6. The first-order valence-electron chi connectivity index (χ1n) is 5.21. The molecule has 1 rings (SSSR count). The molecule has 16 heavy (non-hydrogen) atoms. The van der Waals surface area contributed by atoms with Crippen LogP contribution in [0.25, 0.3) is 0 Å². The molecular formula is C12H15Cl2NO. The van der Waals surface area contributed by atoms with Crippen molar-refractivity contribution in [2.24, 2.45) is 0 Å². The van der Waals surface area contributed by atoms with Crippen LogP contribution >= 0.6 is 23.2 Å². The van der Waals surface area contributed by atoms with E-state index in [2.05, 4.69) is 5.32 Å². The minimum Gasteiger partial charge on any atom is -0.348 e. The lowest BCUT2D eigenvalue weighted by molar-refractivity contribution is 0.0939. The van der Waals surface area contributed by atoms with Gasteiger partial charge in [0.2, 0.25) is 0 Å². The van der Waals surface area contributed by atoms with E-state index in [1.54, 1.807) is 18.2 Å². The van der Waals surface area contributed by atoms with Crippen LogP contribution in [0.1, 0.15) is 29.3 Å². The molecule has 0 radical (unpaired) electrons. The van der Waals surface area contributed by atoms with Gasteiger partial charge in [-0.2, -0.15) is 0 Å². The van der Waals surface area contributed by atoms with E-state index in [0.29, 0.717) is 16.5 Å². The second-order valence-corrected chi connectivity index (χ2v) is 4.44. The maximum Gasteiger partial charge on any atom is 0.251 e. The van der Waals surface area contributed by atoms with Crippen LogP contribution in [0.2, 0.25) is 5.02 Å². The summed E-state index contributed by atoms with van der Waals surface area (Å²) in [6.45, 7) is 3.85. The number of aryl methyl sites for hydroxylation is 1. The summed E-state index contributed by atoms with van der Waals surface area (Å²) in [6.07, 6.45) is 0.821. The van der Waals surface area contributed by atoms with Crippen LogP contribution in [0.15, 0.2) is 18.2 Å². The van der Waals surface area contributed by atoms with E-state index in [9.17, 15) is 4.79 Å². The number of hydrogen-bond donors (Lipinski definition) is 1. The summed E-state index contributed by atoms with van der Waals surface area (Å²) < 4.78 is 0. The monoisotopic (exact) mass is 259 g/mol. The number of halogens is 2. The Labute approximate surface area is 106 Å². The lowest BCUT2D eigenvalue weighted by atomic mass is 10.1. The highest BCUT2D eigenvalue weighted by molar-refractivity contribution is 6.30. The van der Waals surface area contributed by atoms with E-state index in [1.165, 1.54) is 0 Å². The van der Waals surface area contributed by atoms with E-state index >= 15 is 0 Å². The second kappa shape index (κ2) is 6.12. The smallest absolute Gasteiger partial charge is 0.251 e. The van der Waals surface area contributed by atoms with E-state index < -0.39 is 0 Å². The van der Waals surface area contributed by atoms with Crippen molar-refractivity contribution in [1.29, 1.82) is 0 Å². The molecule has 1 atom stereocenters. The van der Waals surface area contributed by atoms with Crippen LogP contribution in [0.4, 0.5) is 0 Å². The van der Waals surface area contributed by atoms with E-state index in [4.69, 9.17) is 23.2 Å². The van der Waals surface area contributed by atoms with Gasteiger partial charge < -0.3 is 5.32 Å². The molecule has 2 nitrogen and oxygen atoms in total. The van der Waals surface area contributed by atoms with Gasteiger partial charge in [-0.05, 0) is 37.1 Å². The van der Waals surface area contributed by atoms with Gasteiger partial charge >= 0.3 is 0 Å². The highest BCUT2D eigenvalue weighted by Gasteiger charge is 2.13. The second-order valence-electron chi connectivity index (χ2n) is 3.69. The Morgan fingerprint density at radius 3 is 2.69 bits per heavy atom. The van der Waals surface area contributed by atoms with E-state index in [0.717, 1.165) is 12.0 Å². The highest BCUT2D eigenvalue weighted by atomic mass is 35.5. The molecule has 0 aromatic heterocycles. The molecule has 0 saturated carbocycles. The molecule has 0 aliphatic rings. The third-order valence-electron chi connectivity index (χ3n) is 2.45. The van der Waals surface area contributed by atoms with Gasteiger partial charge in [-0.3, -0.25) is 4.79 Å². The first-order chi connectivity index (χ1) is 7.58. The van der Waals surface area contributed by atoms with Crippen LogP contribution in [0.5, 0.6) is 0 Å². The van der Waals surface area contributed by atoms with Crippen molar-refractivity contribution in [2.75, 3.05) is 5.88 Å². The molecule has 0 bridgehead atoms. The number of rotatable bonds is 4. The Kier molecular flexibility index (Phi) is 5.10. The number of hydrogen-bond acceptors (Lipinski definition) is 1. The third kappa shape index (κ3) is 3.39. The van der Waals surface area contributed by atoms with Crippen molar-refractivity contribution in [1.82, 2.24) is 5.32 Å². The Morgan fingerprint density at radius 2 is 2.19 bits per heavy atom. The lowest BCUT2D eigenvalue weighted by Crippen LogP contribution is -2.35. The first kappa shape index (κ1) is 13.3. The molecular weight excluding hydrogens is 245 g/mol. The van der Waals surface area contributed by atoms with Gasteiger partial charge in [0.1, 0.15) is 0 Å². The molecule has 1 aromatic rings. The average molecular weight is 260 g/mol. The number of amides is 1. The van der Waals surface area contributed by atoms with Crippen LogP contribution < -0.4 is 5.32 Å². The summed E-state index contributed by atoms with van der Waals surface area (Å²) in [5.41, 5.74) is 1.52. The molecule has 0 fully saturated rings. The molecule has 0 aliphatic carbocycles. The predicted molar refractivity (Wildman–Crippen MR) is 68.5 cm³/mol. The number of carbonyl (C=O) groups is 1. The fraction of sp³-hybridized carbons (Fsp3) is 0.417. The molecule has 88 valence electrons. The molecule has 4 heteroatoms. The minimum absolute atomic E-state index is 0.0178. The summed E-state index contributed by atoms with van der Waals surface area (Å²) in [5, 5.41) is 3.52. The molecule has 0 saturated heterocycles. The van der Waals surface area contributed by atoms with Crippen molar-refractivity contribution in [2.45, 2.75) is 26.3 Å². The topological polar surface area (TPSA) is 29.1 Å². The molecule has 1 aromatic carbocycles. The van der Waals surface area contributed by atoms with Gasteiger partial charge in [0, 0.05) is 22.5 Å². The fourth-order valence-electron chi connectivity index (χ4n) is 1.39. The van der Waals surface area contributed by atoms with Crippen molar-refractivity contribution in [3.63, 3.8) is 0 Å². The fourth-order valence-corrected chi connectivity index (χ4v) is 1.92. The van der Waals surface area contributed by atoms with Crippen LogP contribution in [0, 0.1) is 6.92 Å². The summed E-state index contributed by atoms with van der Waals surface area (Å²) in [4.78, 5) is 11.9. The average Bonchev–Trinajstić information content (AvgIpc) is 2.25. The molecule has 0 heterocycles. The van der Waals surface area contributed by atoms with Crippen molar-refractivity contribution < 1.29 is 4.79 Å². The third-order valence-corrected chi connectivity index (χ3v) is 3.05. The van der Waals surface area contributed by atoms with Gasteiger partial charge in [0.05, 0.1) is 0 Å². The molecule has 1 unspecified atom stereocenters. The van der Waals surface area contributed by atoms with E-state index in [-0.39, 0.29) is 11.9 Å². The summed E-state index contributed by atoms with van der Waals surface area (Å²) in [6, 6.07) is 5.24. The SMILES string of the molecule is CCC(CCl)NC(=O)c1ccc(Cl)cc1C. The van der Waals surface area contributed by atoms with Gasteiger partial charge in [0.15, 0.2) is 0 Å². The zero-order valence-electron chi connectivity index (χ0n) is 9.39. The normalized spacial score (nSPS) is 12.2. The van der Waals surface area contributed by atoms with Gasteiger partial charge in [-0.15, -0.1) is 11.6 Å². The Hall–Kier alpha value is -0.730. The van der Waals surface area contributed by atoms with Crippen LogP contribution in [0.3, 0.4) is 0 Å². The largest absolute Gasteiger partial charge is 0.348 e. The summed E-state index contributed by atoms with van der Waals surface area (Å²) in [7, 11) is 0. The summed E-state index contributed by atoms with van der Waals surface area (Å²) in [5.74, 6) is 0.330. The number of nitrogens with one attached hydrogen (secondary N) is 1.